The van der Waals surface area contributed by atoms with Crippen LogP contribution in [-0.2, 0) is 0 Å². The fourth-order valence-corrected chi connectivity index (χ4v) is 1.41. The zero-order chi connectivity index (χ0) is 13.0. The van der Waals surface area contributed by atoms with Gasteiger partial charge in [-0.3, -0.25) is 0 Å². The first kappa shape index (κ1) is 13.9. The monoisotopic (exact) mass is 237 g/mol. The van der Waals surface area contributed by atoms with Crippen LogP contribution in [0.4, 0.5) is 5.82 Å². The van der Waals surface area contributed by atoms with Gasteiger partial charge in [-0.05, 0) is 12.8 Å². The second-order valence-corrected chi connectivity index (χ2v) is 5.07. The highest BCUT2D eigenvalue weighted by molar-refractivity contribution is 5.38. The lowest BCUT2D eigenvalue weighted by Crippen LogP contribution is -2.21. The number of hydrogen-bond donors (Lipinski definition) is 2. The SMILES string of the molecule is CC(CO)Nc1cc(C(C)C)nc(C(C)C)n1. The average Bonchev–Trinajstić information content (AvgIpc) is 2.28. The minimum absolute atomic E-state index is 0.00456. The molecule has 4 heteroatoms. The van der Waals surface area contributed by atoms with E-state index < -0.39 is 0 Å². The quantitative estimate of drug-likeness (QED) is 0.826. The lowest BCUT2D eigenvalue weighted by atomic mass is 10.1. The minimum atomic E-state index is 0.00456. The number of nitrogens with one attached hydrogen (secondary N) is 1. The number of rotatable bonds is 5. The van der Waals surface area contributed by atoms with E-state index in [0.29, 0.717) is 11.8 Å². The van der Waals surface area contributed by atoms with Crippen LogP contribution < -0.4 is 5.32 Å². The van der Waals surface area contributed by atoms with E-state index in [1.165, 1.54) is 0 Å². The maximum atomic E-state index is 9.05. The third-order valence-electron chi connectivity index (χ3n) is 2.54. The highest BCUT2D eigenvalue weighted by Gasteiger charge is 2.11. The van der Waals surface area contributed by atoms with Crippen molar-refractivity contribution in [1.29, 1.82) is 0 Å². The minimum Gasteiger partial charge on any atom is -0.394 e. The van der Waals surface area contributed by atoms with Gasteiger partial charge in [-0.25, -0.2) is 9.97 Å². The maximum absolute atomic E-state index is 9.05. The van der Waals surface area contributed by atoms with Gasteiger partial charge in [0.2, 0.25) is 0 Å². The van der Waals surface area contributed by atoms with Crippen molar-refractivity contribution < 1.29 is 5.11 Å². The molecule has 1 rings (SSSR count). The van der Waals surface area contributed by atoms with Gasteiger partial charge in [0.25, 0.3) is 0 Å². The summed E-state index contributed by atoms with van der Waals surface area (Å²) in [4.78, 5) is 9.02. The number of aromatic nitrogens is 2. The zero-order valence-corrected chi connectivity index (χ0v) is 11.4. The summed E-state index contributed by atoms with van der Waals surface area (Å²) in [6.07, 6.45) is 0. The summed E-state index contributed by atoms with van der Waals surface area (Å²) in [5.74, 6) is 2.33. The third-order valence-corrected chi connectivity index (χ3v) is 2.54. The summed E-state index contributed by atoms with van der Waals surface area (Å²) in [7, 11) is 0. The van der Waals surface area contributed by atoms with Crippen LogP contribution in [-0.4, -0.2) is 27.7 Å². The molecule has 0 radical (unpaired) electrons. The van der Waals surface area contributed by atoms with Crippen molar-refractivity contribution in [3.8, 4) is 0 Å². The van der Waals surface area contributed by atoms with E-state index in [2.05, 4.69) is 43.0 Å². The van der Waals surface area contributed by atoms with Gasteiger partial charge >= 0.3 is 0 Å². The van der Waals surface area contributed by atoms with Crippen molar-refractivity contribution in [2.45, 2.75) is 52.5 Å². The van der Waals surface area contributed by atoms with Gasteiger partial charge in [0.15, 0.2) is 0 Å². The molecule has 1 aromatic heterocycles. The van der Waals surface area contributed by atoms with Crippen LogP contribution in [0, 0.1) is 0 Å². The highest BCUT2D eigenvalue weighted by Crippen LogP contribution is 2.19. The van der Waals surface area contributed by atoms with Gasteiger partial charge < -0.3 is 10.4 Å². The van der Waals surface area contributed by atoms with Gasteiger partial charge in [-0.2, -0.15) is 0 Å². The first-order chi connectivity index (χ1) is 7.93. The van der Waals surface area contributed by atoms with Crippen molar-refractivity contribution in [3.05, 3.63) is 17.6 Å². The van der Waals surface area contributed by atoms with E-state index in [1.54, 1.807) is 0 Å². The van der Waals surface area contributed by atoms with Crippen molar-refractivity contribution in [3.63, 3.8) is 0 Å². The van der Waals surface area contributed by atoms with Crippen LogP contribution in [0.5, 0.6) is 0 Å². The maximum Gasteiger partial charge on any atom is 0.133 e. The molecule has 0 fully saturated rings. The van der Waals surface area contributed by atoms with Gasteiger partial charge in [0.05, 0.1) is 6.61 Å². The van der Waals surface area contributed by atoms with Crippen molar-refractivity contribution in [1.82, 2.24) is 9.97 Å². The van der Waals surface area contributed by atoms with Crippen LogP contribution in [0.2, 0.25) is 0 Å². The lowest BCUT2D eigenvalue weighted by molar-refractivity contribution is 0.281. The molecule has 0 aliphatic heterocycles. The van der Waals surface area contributed by atoms with Crippen LogP contribution in [0.1, 0.15) is 58.0 Å². The Morgan fingerprint density at radius 3 is 2.24 bits per heavy atom. The van der Waals surface area contributed by atoms with Gasteiger partial charge in [-0.1, -0.05) is 27.7 Å². The molecular formula is C13H23N3O. The Morgan fingerprint density at radius 1 is 1.12 bits per heavy atom. The molecule has 0 aliphatic rings. The summed E-state index contributed by atoms with van der Waals surface area (Å²) < 4.78 is 0. The zero-order valence-electron chi connectivity index (χ0n) is 11.4. The van der Waals surface area contributed by atoms with Crippen LogP contribution in [0.3, 0.4) is 0 Å². The van der Waals surface area contributed by atoms with E-state index in [9.17, 15) is 0 Å². The number of nitrogens with zero attached hydrogens (tertiary/aromatic N) is 2. The molecule has 0 aliphatic carbocycles. The van der Waals surface area contributed by atoms with Crippen molar-refractivity contribution in [2.75, 3.05) is 11.9 Å². The molecular weight excluding hydrogens is 214 g/mol. The number of aliphatic hydroxyl groups is 1. The summed E-state index contributed by atoms with van der Waals surface area (Å²) >= 11 is 0. The molecule has 4 nitrogen and oxygen atoms in total. The van der Waals surface area contributed by atoms with Crippen LogP contribution in [0.25, 0.3) is 0 Å². The van der Waals surface area contributed by atoms with E-state index in [-0.39, 0.29) is 12.6 Å². The number of hydrogen-bond acceptors (Lipinski definition) is 4. The fraction of sp³-hybridized carbons (Fsp3) is 0.692. The average molecular weight is 237 g/mol. The summed E-state index contributed by atoms with van der Waals surface area (Å²) in [6, 6.07) is 1.97. The smallest absolute Gasteiger partial charge is 0.133 e. The molecule has 0 saturated heterocycles. The Hall–Kier alpha value is -1.16. The lowest BCUT2D eigenvalue weighted by Gasteiger charge is -2.16. The van der Waals surface area contributed by atoms with Gasteiger partial charge in [0, 0.05) is 23.7 Å². The Morgan fingerprint density at radius 2 is 1.76 bits per heavy atom. The number of anilines is 1. The van der Waals surface area contributed by atoms with E-state index in [0.717, 1.165) is 17.3 Å². The molecule has 0 amide bonds. The van der Waals surface area contributed by atoms with Crippen LogP contribution in [0.15, 0.2) is 6.07 Å². The van der Waals surface area contributed by atoms with E-state index >= 15 is 0 Å². The second-order valence-electron chi connectivity index (χ2n) is 5.07. The molecule has 0 spiro atoms. The van der Waals surface area contributed by atoms with Crippen LogP contribution >= 0.6 is 0 Å². The molecule has 2 N–H and O–H groups in total. The topological polar surface area (TPSA) is 58.0 Å². The molecule has 1 unspecified atom stereocenters. The standard InChI is InChI=1S/C13H23N3O/c1-8(2)11-6-12(14-10(5)7-17)16-13(15-11)9(3)4/h6,8-10,17H,7H2,1-5H3,(H,14,15,16). The Balaban J connectivity index is 3.03. The molecule has 1 aromatic rings. The molecule has 1 atom stereocenters. The predicted octanol–water partition coefficient (Wildman–Crippen LogP) is 2.52. The van der Waals surface area contributed by atoms with Crippen molar-refractivity contribution >= 4 is 5.82 Å². The Kier molecular flexibility index (Phi) is 4.87. The molecule has 0 aromatic carbocycles. The Bertz CT molecular complexity index is 337. The first-order valence-corrected chi connectivity index (χ1v) is 6.20. The largest absolute Gasteiger partial charge is 0.394 e. The van der Waals surface area contributed by atoms with E-state index in [1.807, 2.05) is 13.0 Å². The molecule has 1 heterocycles. The third kappa shape index (κ3) is 3.97. The first-order valence-electron chi connectivity index (χ1n) is 6.20. The van der Waals surface area contributed by atoms with Gasteiger partial charge in [-0.15, -0.1) is 0 Å². The molecule has 0 bridgehead atoms. The molecule has 96 valence electrons. The molecule has 0 saturated carbocycles. The molecule has 17 heavy (non-hydrogen) atoms. The Labute approximate surface area is 103 Å². The fourth-order valence-electron chi connectivity index (χ4n) is 1.41. The van der Waals surface area contributed by atoms with Crippen molar-refractivity contribution in [2.24, 2.45) is 0 Å². The normalized spacial score (nSPS) is 13.2. The van der Waals surface area contributed by atoms with Gasteiger partial charge in [0.1, 0.15) is 11.6 Å². The number of aliphatic hydroxyl groups excluding tert-OH is 1. The van der Waals surface area contributed by atoms with E-state index in [4.69, 9.17) is 5.11 Å². The summed E-state index contributed by atoms with van der Waals surface area (Å²) in [6.45, 7) is 10.4. The second kappa shape index (κ2) is 5.96. The predicted molar refractivity (Wildman–Crippen MR) is 70.4 cm³/mol. The highest BCUT2D eigenvalue weighted by atomic mass is 16.3. The summed E-state index contributed by atoms with van der Waals surface area (Å²) in [5, 5.41) is 12.2. The summed E-state index contributed by atoms with van der Waals surface area (Å²) in [5.41, 5.74) is 1.04.